The van der Waals surface area contributed by atoms with Crippen molar-refractivity contribution in [3.05, 3.63) is 54.1 Å². The maximum absolute atomic E-state index is 2.67. The van der Waals surface area contributed by atoms with Gasteiger partial charge in [-0.1, -0.05) is 49.4 Å². The standard InChI is InChI=1S/C14H17NP2/c1-2-11-7-9-12(10-8-11)13-5-3-4-6-14(13)15(16)17/h3-10H,2,16-17H2,1H3. The van der Waals surface area contributed by atoms with E-state index in [9.17, 15) is 0 Å². The van der Waals surface area contributed by atoms with E-state index in [0.717, 1.165) is 6.42 Å². The monoisotopic (exact) mass is 261 g/mol. The number of aryl methyl sites for hydroxylation is 1. The molecule has 0 saturated carbocycles. The van der Waals surface area contributed by atoms with Gasteiger partial charge in [-0.3, -0.25) is 0 Å². The summed E-state index contributed by atoms with van der Waals surface area (Å²) in [4.78, 5) is 0. The molecule has 0 N–H and O–H groups in total. The normalized spacial score (nSPS) is 10.3. The highest BCUT2D eigenvalue weighted by molar-refractivity contribution is 7.39. The first kappa shape index (κ1) is 12.6. The van der Waals surface area contributed by atoms with Crippen LogP contribution in [-0.4, -0.2) is 0 Å². The lowest BCUT2D eigenvalue weighted by Gasteiger charge is -2.16. The predicted molar refractivity (Wildman–Crippen MR) is 83.2 cm³/mol. The second-order valence-electron chi connectivity index (χ2n) is 3.97. The lowest BCUT2D eigenvalue weighted by atomic mass is 10.0. The molecule has 0 bridgehead atoms. The molecule has 0 saturated heterocycles. The van der Waals surface area contributed by atoms with Gasteiger partial charge < -0.3 is 4.44 Å². The van der Waals surface area contributed by atoms with Gasteiger partial charge in [-0.15, -0.1) is 0 Å². The average molecular weight is 261 g/mol. The fraction of sp³-hybridized carbons (Fsp3) is 0.143. The smallest absolute Gasteiger partial charge is 0.0502 e. The van der Waals surface area contributed by atoms with Crippen molar-refractivity contribution in [1.29, 1.82) is 0 Å². The minimum Gasteiger partial charge on any atom is -0.340 e. The Kier molecular flexibility index (Phi) is 4.15. The Balaban J connectivity index is 2.45. The Labute approximate surface area is 108 Å². The van der Waals surface area contributed by atoms with Crippen molar-refractivity contribution in [3.63, 3.8) is 0 Å². The summed E-state index contributed by atoms with van der Waals surface area (Å²) in [7, 11) is 5.34. The van der Waals surface area contributed by atoms with Crippen molar-refractivity contribution >= 4 is 24.5 Å². The fourth-order valence-electron chi connectivity index (χ4n) is 1.86. The van der Waals surface area contributed by atoms with Crippen LogP contribution in [0, 0.1) is 0 Å². The molecule has 2 unspecified atom stereocenters. The van der Waals surface area contributed by atoms with Crippen LogP contribution in [0.1, 0.15) is 12.5 Å². The Morgan fingerprint density at radius 2 is 1.59 bits per heavy atom. The topological polar surface area (TPSA) is 3.24 Å². The van der Waals surface area contributed by atoms with Crippen LogP contribution in [0.15, 0.2) is 48.5 Å². The molecule has 2 atom stereocenters. The van der Waals surface area contributed by atoms with Gasteiger partial charge in [0.2, 0.25) is 0 Å². The summed E-state index contributed by atoms with van der Waals surface area (Å²) in [6.45, 7) is 2.18. The summed E-state index contributed by atoms with van der Waals surface area (Å²) in [6.07, 6.45) is 1.08. The first-order valence-electron chi connectivity index (χ1n) is 5.70. The number of nitrogens with zero attached hydrogens (tertiary/aromatic N) is 1. The zero-order chi connectivity index (χ0) is 12.3. The molecule has 0 heterocycles. The molecule has 3 heteroatoms. The number of benzene rings is 2. The Hall–Kier alpha value is -0.900. The van der Waals surface area contributed by atoms with Gasteiger partial charge in [0.15, 0.2) is 0 Å². The van der Waals surface area contributed by atoms with Crippen LogP contribution in [0.5, 0.6) is 0 Å². The summed E-state index contributed by atoms with van der Waals surface area (Å²) in [5.74, 6) is 0. The van der Waals surface area contributed by atoms with E-state index in [0.29, 0.717) is 0 Å². The highest BCUT2D eigenvalue weighted by Gasteiger charge is 2.05. The SMILES string of the molecule is CCc1ccc(-c2ccccc2N(P)P)cc1. The summed E-state index contributed by atoms with van der Waals surface area (Å²) in [5, 5.41) is 0. The molecule has 0 aliphatic rings. The molecule has 2 rings (SSSR count). The maximum Gasteiger partial charge on any atom is 0.0502 e. The van der Waals surface area contributed by atoms with Gasteiger partial charge in [-0.05, 0) is 42.4 Å². The van der Waals surface area contributed by atoms with Crippen LogP contribution in [-0.2, 0) is 6.42 Å². The highest BCUT2D eigenvalue weighted by atomic mass is 31.1. The molecule has 88 valence electrons. The first-order valence-corrected chi connectivity index (χ1v) is 6.73. The molecular weight excluding hydrogens is 244 g/mol. The lowest BCUT2D eigenvalue weighted by molar-refractivity contribution is 1.14. The van der Waals surface area contributed by atoms with Crippen molar-refractivity contribution in [2.45, 2.75) is 13.3 Å². The summed E-state index contributed by atoms with van der Waals surface area (Å²) < 4.78 is 1.99. The maximum atomic E-state index is 2.67. The van der Waals surface area contributed by atoms with Gasteiger partial charge in [-0.2, -0.15) is 0 Å². The predicted octanol–water partition coefficient (Wildman–Crippen LogP) is 4.30. The number of anilines is 1. The fourth-order valence-corrected chi connectivity index (χ4v) is 2.31. The Morgan fingerprint density at radius 1 is 0.941 bits per heavy atom. The molecular formula is C14H17NP2. The Bertz CT molecular complexity index is 492. The van der Waals surface area contributed by atoms with Crippen molar-refractivity contribution in [1.82, 2.24) is 0 Å². The number of hydrogen-bond donors (Lipinski definition) is 0. The van der Waals surface area contributed by atoms with Crippen LogP contribution >= 0.6 is 18.8 Å². The van der Waals surface area contributed by atoms with Crippen molar-refractivity contribution in [2.75, 3.05) is 4.44 Å². The van der Waals surface area contributed by atoms with E-state index < -0.39 is 0 Å². The molecule has 0 spiro atoms. The van der Waals surface area contributed by atoms with Crippen LogP contribution in [0.4, 0.5) is 5.69 Å². The average Bonchev–Trinajstić information content (AvgIpc) is 2.39. The molecule has 0 fully saturated rings. The molecule has 17 heavy (non-hydrogen) atoms. The lowest BCUT2D eigenvalue weighted by Crippen LogP contribution is -1.93. The molecule has 0 amide bonds. The summed E-state index contributed by atoms with van der Waals surface area (Å²) >= 11 is 0. The van der Waals surface area contributed by atoms with E-state index in [-0.39, 0.29) is 0 Å². The third-order valence-electron chi connectivity index (χ3n) is 2.86. The molecule has 0 aromatic heterocycles. The number of rotatable bonds is 3. The largest absolute Gasteiger partial charge is 0.340 e. The minimum absolute atomic E-state index is 1.08. The van der Waals surface area contributed by atoms with Gasteiger partial charge in [0.05, 0.1) is 5.69 Å². The van der Waals surface area contributed by atoms with Gasteiger partial charge in [-0.25, -0.2) is 0 Å². The third kappa shape index (κ3) is 2.86. The molecule has 0 aliphatic heterocycles. The van der Waals surface area contributed by atoms with E-state index in [1.54, 1.807) is 0 Å². The van der Waals surface area contributed by atoms with E-state index >= 15 is 0 Å². The summed E-state index contributed by atoms with van der Waals surface area (Å²) in [5.41, 5.74) is 5.07. The molecule has 0 aliphatic carbocycles. The van der Waals surface area contributed by atoms with Crippen LogP contribution in [0.25, 0.3) is 11.1 Å². The molecule has 1 nitrogen and oxygen atoms in total. The van der Waals surface area contributed by atoms with Gasteiger partial charge in [0.1, 0.15) is 0 Å². The number of hydrogen-bond acceptors (Lipinski definition) is 1. The molecule has 2 aromatic rings. The number of para-hydroxylation sites is 1. The van der Waals surface area contributed by atoms with E-state index in [2.05, 4.69) is 74.2 Å². The summed E-state index contributed by atoms with van der Waals surface area (Å²) in [6, 6.07) is 17.2. The Morgan fingerprint density at radius 3 is 2.18 bits per heavy atom. The quantitative estimate of drug-likeness (QED) is 0.744. The van der Waals surface area contributed by atoms with Gasteiger partial charge in [0.25, 0.3) is 0 Å². The van der Waals surface area contributed by atoms with Crippen LogP contribution in [0.3, 0.4) is 0 Å². The van der Waals surface area contributed by atoms with Crippen LogP contribution < -0.4 is 4.44 Å². The second kappa shape index (κ2) is 5.63. The van der Waals surface area contributed by atoms with E-state index in [1.165, 1.54) is 22.4 Å². The minimum atomic E-state index is 1.08. The second-order valence-corrected chi connectivity index (χ2v) is 5.68. The zero-order valence-corrected chi connectivity index (χ0v) is 12.2. The van der Waals surface area contributed by atoms with Crippen molar-refractivity contribution in [3.8, 4) is 11.1 Å². The first-order chi connectivity index (χ1) is 8.22. The highest BCUT2D eigenvalue weighted by Crippen LogP contribution is 2.34. The van der Waals surface area contributed by atoms with E-state index in [4.69, 9.17) is 0 Å². The van der Waals surface area contributed by atoms with Crippen molar-refractivity contribution < 1.29 is 0 Å². The molecule has 0 radical (unpaired) electrons. The third-order valence-corrected chi connectivity index (χ3v) is 3.41. The molecule has 2 aromatic carbocycles. The zero-order valence-electron chi connectivity index (χ0n) is 9.93. The van der Waals surface area contributed by atoms with Gasteiger partial charge in [0, 0.05) is 5.56 Å². The van der Waals surface area contributed by atoms with Crippen molar-refractivity contribution in [2.24, 2.45) is 0 Å². The van der Waals surface area contributed by atoms with E-state index in [1.807, 2.05) is 4.44 Å². The van der Waals surface area contributed by atoms with Crippen LogP contribution in [0.2, 0.25) is 0 Å². The van der Waals surface area contributed by atoms with Gasteiger partial charge >= 0.3 is 0 Å².